The number of anilines is 1. The number of nitrogens with zero attached hydrogens (tertiary/aromatic N) is 1. The Balaban J connectivity index is 2.74. The molecule has 0 spiro atoms. The van der Waals surface area contributed by atoms with Crippen molar-refractivity contribution in [3.8, 4) is 0 Å². The molecule has 0 aliphatic rings. The molecule has 0 unspecified atom stereocenters. The van der Waals surface area contributed by atoms with Crippen LogP contribution >= 0.6 is 0 Å². The topological polar surface area (TPSA) is 24.9 Å². The third kappa shape index (κ3) is 1.77. The molecule has 15 heavy (non-hydrogen) atoms. The van der Waals surface area contributed by atoms with Gasteiger partial charge in [0.25, 0.3) is 0 Å². The third-order valence-corrected chi connectivity index (χ3v) is 2.46. The maximum absolute atomic E-state index is 13.0. The molecule has 78 valence electrons. The predicted octanol–water partition coefficient (Wildman–Crippen LogP) is 2.98. The first-order chi connectivity index (χ1) is 7.24. The summed E-state index contributed by atoms with van der Waals surface area (Å²) >= 11 is 0. The van der Waals surface area contributed by atoms with Crippen molar-refractivity contribution >= 4 is 16.6 Å². The molecule has 0 aliphatic carbocycles. The lowest BCUT2D eigenvalue weighted by Crippen LogP contribution is -1.95. The summed E-state index contributed by atoms with van der Waals surface area (Å²) in [5.41, 5.74) is 2.67. The van der Waals surface area contributed by atoms with Gasteiger partial charge in [-0.3, -0.25) is 4.98 Å². The van der Waals surface area contributed by atoms with Gasteiger partial charge in [0.15, 0.2) is 0 Å². The molecule has 0 saturated heterocycles. The number of nitrogens with one attached hydrogen (secondary N) is 1. The summed E-state index contributed by atoms with van der Waals surface area (Å²) in [4.78, 5) is 4.38. The van der Waals surface area contributed by atoms with Gasteiger partial charge in [-0.05, 0) is 24.6 Å². The highest BCUT2D eigenvalue weighted by atomic mass is 19.1. The van der Waals surface area contributed by atoms with E-state index < -0.39 is 0 Å². The second-order valence-electron chi connectivity index (χ2n) is 3.43. The molecule has 0 aliphatic heterocycles. The molecular weight excluding hydrogens is 191 g/mol. The van der Waals surface area contributed by atoms with E-state index in [1.54, 1.807) is 6.07 Å². The summed E-state index contributed by atoms with van der Waals surface area (Å²) in [6, 6.07) is 6.68. The normalized spacial score (nSPS) is 10.6. The van der Waals surface area contributed by atoms with Crippen molar-refractivity contribution in [3.05, 3.63) is 35.8 Å². The first-order valence-corrected chi connectivity index (χ1v) is 5.01. The van der Waals surface area contributed by atoms with Crippen molar-refractivity contribution in [2.75, 3.05) is 12.4 Å². The SMILES string of the molecule is CCc1cc(NC)c2ccc(F)cc2n1. The van der Waals surface area contributed by atoms with E-state index in [2.05, 4.69) is 10.3 Å². The Morgan fingerprint density at radius 1 is 1.33 bits per heavy atom. The highest BCUT2D eigenvalue weighted by Crippen LogP contribution is 2.23. The van der Waals surface area contributed by atoms with Crippen LogP contribution in [0.5, 0.6) is 0 Å². The van der Waals surface area contributed by atoms with Crippen LogP contribution in [0.2, 0.25) is 0 Å². The van der Waals surface area contributed by atoms with E-state index in [1.807, 2.05) is 20.0 Å². The average Bonchev–Trinajstić information content (AvgIpc) is 2.26. The Bertz CT molecular complexity index is 494. The van der Waals surface area contributed by atoms with Gasteiger partial charge in [-0.15, -0.1) is 0 Å². The summed E-state index contributed by atoms with van der Waals surface area (Å²) in [6.45, 7) is 2.03. The lowest BCUT2D eigenvalue weighted by Gasteiger charge is -2.07. The fraction of sp³-hybridized carbons (Fsp3) is 0.250. The predicted molar refractivity (Wildman–Crippen MR) is 60.6 cm³/mol. The number of halogens is 1. The zero-order valence-electron chi connectivity index (χ0n) is 8.84. The smallest absolute Gasteiger partial charge is 0.125 e. The minimum atomic E-state index is -0.245. The maximum Gasteiger partial charge on any atom is 0.125 e. The van der Waals surface area contributed by atoms with E-state index in [0.29, 0.717) is 5.52 Å². The van der Waals surface area contributed by atoms with Gasteiger partial charge in [-0.1, -0.05) is 6.92 Å². The molecule has 0 bridgehead atoms. The van der Waals surface area contributed by atoms with E-state index in [9.17, 15) is 4.39 Å². The number of benzene rings is 1. The number of hydrogen-bond donors (Lipinski definition) is 1. The molecule has 2 rings (SSSR count). The van der Waals surface area contributed by atoms with Crippen molar-refractivity contribution in [2.45, 2.75) is 13.3 Å². The first-order valence-electron chi connectivity index (χ1n) is 5.01. The Labute approximate surface area is 88.1 Å². The first kappa shape index (κ1) is 9.90. The fourth-order valence-corrected chi connectivity index (χ4v) is 1.64. The maximum atomic E-state index is 13.0. The Kier molecular flexibility index (Phi) is 2.54. The highest BCUT2D eigenvalue weighted by Gasteiger charge is 2.04. The van der Waals surface area contributed by atoms with Crippen LogP contribution in [0.25, 0.3) is 10.9 Å². The highest BCUT2D eigenvalue weighted by molar-refractivity contribution is 5.91. The van der Waals surface area contributed by atoms with Gasteiger partial charge in [-0.2, -0.15) is 0 Å². The summed E-state index contributed by atoms with van der Waals surface area (Å²) in [5.74, 6) is -0.245. The average molecular weight is 204 g/mol. The van der Waals surface area contributed by atoms with Gasteiger partial charge in [0.05, 0.1) is 5.52 Å². The molecule has 0 fully saturated rings. The standard InChI is InChI=1S/C12H13FN2/c1-3-9-7-11(14-2)10-5-4-8(13)6-12(10)15-9/h4-7H,3H2,1-2H3,(H,14,15). The third-order valence-electron chi connectivity index (χ3n) is 2.46. The van der Waals surface area contributed by atoms with Crippen LogP contribution in [0.15, 0.2) is 24.3 Å². The van der Waals surface area contributed by atoms with Gasteiger partial charge in [0.2, 0.25) is 0 Å². The monoisotopic (exact) mass is 204 g/mol. The van der Waals surface area contributed by atoms with E-state index in [1.165, 1.54) is 12.1 Å². The number of hydrogen-bond acceptors (Lipinski definition) is 2. The van der Waals surface area contributed by atoms with Crippen LogP contribution in [-0.2, 0) is 6.42 Å². The van der Waals surface area contributed by atoms with E-state index >= 15 is 0 Å². The van der Waals surface area contributed by atoms with Crippen molar-refractivity contribution in [2.24, 2.45) is 0 Å². The largest absolute Gasteiger partial charge is 0.388 e. The Morgan fingerprint density at radius 3 is 2.80 bits per heavy atom. The van der Waals surface area contributed by atoms with E-state index in [0.717, 1.165) is 23.2 Å². The van der Waals surface area contributed by atoms with Crippen molar-refractivity contribution in [3.63, 3.8) is 0 Å². The van der Waals surface area contributed by atoms with Crippen LogP contribution in [0, 0.1) is 5.82 Å². The molecule has 0 amide bonds. The molecule has 0 radical (unpaired) electrons. The van der Waals surface area contributed by atoms with Crippen LogP contribution in [-0.4, -0.2) is 12.0 Å². The van der Waals surface area contributed by atoms with Crippen molar-refractivity contribution in [1.29, 1.82) is 0 Å². The van der Waals surface area contributed by atoms with Gasteiger partial charge in [0.1, 0.15) is 5.82 Å². The fourth-order valence-electron chi connectivity index (χ4n) is 1.64. The number of pyridine rings is 1. The number of aromatic nitrogens is 1. The minimum Gasteiger partial charge on any atom is -0.388 e. The molecule has 2 aromatic rings. The molecule has 1 N–H and O–H groups in total. The molecule has 2 nitrogen and oxygen atoms in total. The summed E-state index contributed by atoms with van der Waals surface area (Å²) in [5, 5.41) is 4.06. The molecule has 1 aromatic carbocycles. The van der Waals surface area contributed by atoms with Crippen molar-refractivity contribution < 1.29 is 4.39 Å². The zero-order chi connectivity index (χ0) is 10.8. The Morgan fingerprint density at radius 2 is 2.13 bits per heavy atom. The quantitative estimate of drug-likeness (QED) is 0.813. The van der Waals surface area contributed by atoms with Gasteiger partial charge >= 0.3 is 0 Å². The van der Waals surface area contributed by atoms with Gasteiger partial charge < -0.3 is 5.32 Å². The molecule has 1 aromatic heterocycles. The molecular formula is C12H13FN2. The van der Waals surface area contributed by atoms with Crippen molar-refractivity contribution in [1.82, 2.24) is 4.98 Å². The van der Waals surface area contributed by atoms with E-state index in [4.69, 9.17) is 0 Å². The molecule has 3 heteroatoms. The van der Waals surface area contributed by atoms with Gasteiger partial charge in [-0.25, -0.2) is 4.39 Å². The van der Waals surface area contributed by atoms with Crippen LogP contribution in [0.3, 0.4) is 0 Å². The number of rotatable bonds is 2. The second kappa shape index (κ2) is 3.85. The molecule has 1 heterocycles. The minimum absolute atomic E-state index is 0.245. The van der Waals surface area contributed by atoms with Gasteiger partial charge in [0, 0.05) is 29.9 Å². The lowest BCUT2D eigenvalue weighted by atomic mass is 10.1. The van der Waals surface area contributed by atoms with E-state index in [-0.39, 0.29) is 5.82 Å². The molecule has 0 saturated carbocycles. The number of fused-ring (bicyclic) bond motifs is 1. The zero-order valence-corrected chi connectivity index (χ0v) is 8.84. The summed E-state index contributed by atoms with van der Waals surface area (Å²) in [6.07, 6.45) is 0.848. The summed E-state index contributed by atoms with van der Waals surface area (Å²) < 4.78 is 13.0. The van der Waals surface area contributed by atoms with Crippen LogP contribution in [0.1, 0.15) is 12.6 Å². The van der Waals surface area contributed by atoms with Crippen LogP contribution in [0.4, 0.5) is 10.1 Å². The number of aryl methyl sites for hydroxylation is 1. The van der Waals surface area contributed by atoms with Crippen LogP contribution < -0.4 is 5.32 Å². The molecule has 0 atom stereocenters. The lowest BCUT2D eigenvalue weighted by molar-refractivity contribution is 0.629. The summed E-state index contributed by atoms with van der Waals surface area (Å²) in [7, 11) is 1.86. The Hall–Kier alpha value is -1.64. The second-order valence-corrected chi connectivity index (χ2v) is 3.43.